The fourth-order valence-corrected chi connectivity index (χ4v) is 2.22. The quantitative estimate of drug-likeness (QED) is 0.478. The average Bonchev–Trinajstić information content (AvgIpc) is 2.94. The molecule has 0 bridgehead atoms. The van der Waals surface area contributed by atoms with Gasteiger partial charge in [0.05, 0.1) is 6.61 Å². The fourth-order valence-electron chi connectivity index (χ4n) is 1.97. The first-order chi connectivity index (χ1) is 12.4. The maximum atomic E-state index is 12.9. The molecule has 26 heavy (non-hydrogen) atoms. The zero-order chi connectivity index (χ0) is 19.1. The van der Waals surface area contributed by atoms with E-state index >= 15 is 0 Å². The van der Waals surface area contributed by atoms with Crippen molar-refractivity contribution in [2.75, 3.05) is 13.7 Å². The van der Waals surface area contributed by atoms with E-state index in [-0.39, 0.29) is 23.6 Å². The molecule has 1 atom stereocenters. The lowest BCUT2D eigenvalue weighted by molar-refractivity contribution is -0.122. The van der Waals surface area contributed by atoms with Crippen molar-refractivity contribution in [3.05, 3.63) is 40.6 Å². The van der Waals surface area contributed by atoms with Crippen molar-refractivity contribution >= 4 is 23.2 Å². The lowest BCUT2D eigenvalue weighted by Gasteiger charge is -2.16. The van der Waals surface area contributed by atoms with E-state index < -0.39 is 17.5 Å². The van der Waals surface area contributed by atoms with Gasteiger partial charge in [-0.05, 0) is 43.4 Å². The topological polar surface area (TPSA) is 110 Å². The van der Waals surface area contributed by atoms with E-state index in [1.165, 1.54) is 24.3 Å². The Morgan fingerprint density at radius 2 is 2.08 bits per heavy atom. The molecule has 0 spiro atoms. The van der Waals surface area contributed by atoms with Crippen molar-refractivity contribution in [2.24, 2.45) is 0 Å². The zero-order valence-electron chi connectivity index (χ0n) is 14.1. The monoisotopic (exact) mass is 383 g/mol. The van der Waals surface area contributed by atoms with Gasteiger partial charge in [0, 0.05) is 18.7 Å². The molecule has 9 nitrogen and oxygen atoms in total. The van der Waals surface area contributed by atoms with Gasteiger partial charge in [-0.25, -0.2) is 9.18 Å². The average molecular weight is 383 g/mol. The number of halogens is 1. The van der Waals surface area contributed by atoms with Crippen LogP contribution in [0.4, 0.5) is 4.39 Å². The molecule has 0 aliphatic heterocycles. The lowest BCUT2D eigenvalue weighted by atomic mass is 10.2. The van der Waals surface area contributed by atoms with Gasteiger partial charge in [0.15, 0.2) is 5.11 Å². The van der Waals surface area contributed by atoms with Gasteiger partial charge in [-0.2, -0.15) is 4.68 Å². The highest BCUT2D eigenvalue weighted by Crippen LogP contribution is 2.15. The Balaban J connectivity index is 1.90. The molecule has 3 N–H and O–H groups in total. The standard InChI is InChI=1S/C15H18FN5O4S/c1-9(8-24-2)17-14(26)19-18-12(22)7-21-15(23)25-13(20-21)10-3-5-11(16)6-4-10/h3-6,9H,7-8H2,1-2H3,(H,18,22)(H2,17,19,26)/t9-/m1/s1. The highest BCUT2D eigenvalue weighted by atomic mass is 32.1. The molecule has 1 aromatic heterocycles. The van der Waals surface area contributed by atoms with Crippen molar-refractivity contribution in [2.45, 2.75) is 19.5 Å². The van der Waals surface area contributed by atoms with Crippen molar-refractivity contribution in [1.82, 2.24) is 25.9 Å². The van der Waals surface area contributed by atoms with Crippen LogP contribution in [0.15, 0.2) is 33.5 Å². The number of thiocarbonyl (C=S) groups is 1. The van der Waals surface area contributed by atoms with E-state index in [9.17, 15) is 14.0 Å². The predicted molar refractivity (Wildman–Crippen MR) is 94.5 cm³/mol. The summed E-state index contributed by atoms with van der Waals surface area (Å²) >= 11 is 5.01. The Hall–Kier alpha value is -2.79. The van der Waals surface area contributed by atoms with Gasteiger partial charge >= 0.3 is 5.76 Å². The van der Waals surface area contributed by atoms with Gasteiger partial charge in [-0.1, -0.05) is 0 Å². The molecular formula is C15H18FN5O4S. The molecule has 0 saturated heterocycles. The summed E-state index contributed by atoms with van der Waals surface area (Å²) in [4.78, 5) is 23.7. The molecule has 0 unspecified atom stereocenters. The molecule has 0 saturated carbocycles. The summed E-state index contributed by atoms with van der Waals surface area (Å²) in [6.45, 7) is 1.91. The van der Waals surface area contributed by atoms with Crippen LogP contribution in [0.3, 0.4) is 0 Å². The van der Waals surface area contributed by atoms with Crippen LogP contribution in [0.2, 0.25) is 0 Å². The first kappa shape index (κ1) is 19.5. The van der Waals surface area contributed by atoms with Crippen LogP contribution in [0.25, 0.3) is 11.5 Å². The second-order valence-corrected chi connectivity index (χ2v) is 5.75. The minimum atomic E-state index is -0.811. The summed E-state index contributed by atoms with van der Waals surface area (Å²) in [5, 5.41) is 7.00. The third-order valence-electron chi connectivity index (χ3n) is 3.10. The smallest absolute Gasteiger partial charge is 0.388 e. The van der Waals surface area contributed by atoms with Crippen LogP contribution in [-0.4, -0.2) is 40.6 Å². The molecule has 0 fully saturated rings. The van der Waals surface area contributed by atoms with Crippen molar-refractivity contribution < 1.29 is 18.3 Å². The maximum absolute atomic E-state index is 12.9. The van der Waals surface area contributed by atoms with E-state index in [0.29, 0.717) is 12.2 Å². The number of nitrogens with zero attached hydrogens (tertiary/aromatic N) is 2. The highest BCUT2D eigenvalue weighted by molar-refractivity contribution is 7.80. The van der Waals surface area contributed by atoms with Crippen LogP contribution < -0.4 is 21.9 Å². The summed E-state index contributed by atoms with van der Waals surface area (Å²) in [5.74, 6) is -1.81. The molecule has 140 valence electrons. The molecule has 2 rings (SSSR count). The molecule has 2 aromatic rings. The number of carbonyl (C=O) groups excluding carboxylic acids is 1. The number of benzene rings is 1. The Kier molecular flexibility index (Phi) is 6.81. The number of rotatable bonds is 6. The van der Waals surface area contributed by atoms with E-state index in [1.807, 2.05) is 6.92 Å². The Labute approximate surface area is 153 Å². The molecule has 0 aliphatic carbocycles. The van der Waals surface area contributed by atoms with Gasteiger partial charge in [0.2, 0.25) is 5.89 Å². The molecule has 0 aliphatic rings. The zero-order valence-corrected chi connectivity index (χ0v) is 14.9. The highest BCUT2D eigenvalue weighted by Gasteiger charge is 2.13. The van der Waals surface area contributed by atoms with Gasteiger partial charge in [-0.3, -0.25) is 15.6 Å². The maximum Gasteiger partial charge on any atom is 0.437 e. The van der Waals surface area contributed by atoms with Gasteiger partial charge in [-0.15, -0.1) is 5.10 Å². The Morgan fingerprint density at radius 1 is 1.38 bits per heavy atom. The predicted octanol–water partition coefficient (Wildman–Crippen LogP) is 0.173. The summed E-state index contributed by atoms with van der Waals surface area (Å²) < 4.78 is 23.7. The van der Waals surface area contributed by atoms with Crippen LogP contribution in [0, 0.1) is 5.82 Å². The second kappa shape index (κ2) is 9.06. The molecule has 11 heteroatoms. The van der Waals surface area contributed by atoms with Crippen molar-refractivity contribution in [3.8, 4) is 11.5 Å². The van der Waals surface area contributed by atoms with E-state index in [2.05, 4.69) is 21.3 Å². The summed E-state index contributed by atoms with van der Waals surface area (Å²) in [6.07, 6.45) is 0. The van der Waals surface area contributed by atoms with Gasteiger partial charge < -0.3 is 14.5 Å². The number of hydrazine groups is 1. The summed E-state index contributed by atoms with van der Waals surface area (Å²) in [6, 6.07) is 5.20. The minimum absolute atomic E-state index is 0.0127. The number of hydrogen-bond donors (Lipinski definition) is 3. The Bertz CT molecular complexity index is 820. The summed E-state index contributed by atoms with van der Waals surface area (Å²) in [5.41, 5.74) is 5.26. The van der Waals surface area contributed by atoms with Crippen LogP contribution in [0.5, 0.6) is 0 Å². The third kappa shape index (κ3) is 5.63. The third-order valence-corrected chi connectivity index (χ3v) is 3.32. The first-order valence-corrected chi connectivity index (χ1v) is 7.98. The number of aromatic nitrogens is 2. The minimum Gasteiger partial charge on any atom is -0.388 e. The lowest BCUT2D eigenvalue weighted by Crippen LogP contribution is -2.50. The second-order valence-electron chi connectivity index (χ2n) is 5.34. The SMILES string of the molecule is COC[C@@H](C)NC(=S)NNC(=O)Cn1nc(-c2ccc(F)cc2)oc1=O. The number of amides is 1. The number of methoxy groups -OCH3 is 1. The largest absolute Gasteiger partial charge is 0.437 e. The molecule has 0 radical (unpaired) electrons. The van der Waals surface area contributed by atoms with Gasteiger partial charge in [0.25, 0.3) is 5.91 Å². The van der Waals surface area contributed by atoms with Gasteiger partial charge in [0.1, 0.15) is 12.4 Å². The number of carbonyl (C=O) groups is 1. The summed E-state index contributed by atoms with van der Waals surface area (Å²) in [7, 11) is 1.56. The van der Waals surface area contributed by atoms with Crippen molar-refractivity contribution in [3.63, 3.8) is 0 Å². The number of nitrogens with one attached hydrogen (secondary N) is 3. The number of ether oxygens (including phenoxy) is 1. The van der Waals surface area contributed by atoms with E-state index in [1.54, 1.807) is 7.11 Å². The normalized spacial score (nSPS) is 11.7. The Morgan fingerprint density at radius 3 is 2.73 bits per heavy atom. The first-order valence-electron chi connectivity index (χ1n) is 7.57. The molecular weight excluding hydrogens is 365 g/mol. The molecule has 1 aromatic carbocycles. The van der Waals surface area contributed by atoms with Crippen LogP contribution in [0.1, 0.15) is 6.92 Å². The fraction of sp³-hybridized carbons (Fsp3) is 0.333. The van der Waals surface area contributed by atoms with Crippen LogP contribution in [-0.2, 0) is 16.1 Å². The van der Waals surface area contributed by atoms with E-state index in [4.69, 9.17) is 21.4 Å². The number of hydrogen-bond acceptors (Lipinski definition) is 6. The van der Waals surface area contributed by atoms with Crippen LogP contribution >= 0.6 is 12.2 Å². The molecule has 1 heterocycles. The van der Waals surface area contributed by atoms with E-state index in [0.717, 1.165) is 4.68 Å². The van der Waals surface area contributed by atoms with Crippen molar-refractivity contribution in [1.29, 1.82) is 0 Å². The molecule has 1 amide bonds.